The lowest BCUT2D eigenvalue weighted by Crippen LogP contribution is -2.30. The highest BCUT2D eigenvalue weighted by molar-refractivity contribution is 6.01. The number of carbonyl (C=O) groups excluding carboxylic acids is 1. The van der Waals surface area contributed by atoms with Crippen molar-refractivity contribution in [1.29, 1.82) is 5.26 Å². The molecule has 112 valence electrons. The summed E-state index contributed by atoms with van der Waals surface area (Å²) in [5, 5.41) is 9.29. The molecule has 0 atom stereocenters. The topological polar surface area (TPSA) is 44.1 Å². The van der Waals surface area contributed by atoms with Gasteiger partial charge in [0.25, 0.3) is 5.91 Å². The summed E-state index contributed by atoms with van der Waals surface area (Å²) >= 11 is 0. The zero-order chi connectivity index (χ0) is 16.1. The van der Waals surface area contributed by atoms with E-state index in [9.17, 15) is 10.1 Å². The highest BCUT2D eigenvalue weighted by Crippen LogP contribution is 2.27. The number of nitrogens with zero attached hydrogens (tertiary/aromatic N) is 2. The summed E-state index contributed by atoms with van der Waals surface area (Å²) in [7, 11) is 1.81. The van der Waals surface area contributed by atoms with Crippen molar-refractivity contribution in [3.05, 3.63) is 59.7 Å². The Hall–Kier alpha value is -2.60. The van der Waals surface area contributed by atoms with Crippen LogP contribution in [0.5, 0.6) is 0 Å². The van der Waals surface area contributed by atoms with Crippen molar-refractivity contribution in [2.24, 2.45) is 5.92 Å². The molecule has 0 saturated carbocycles. The van der Waals surface area contributed by atoms with Crippen molar-refractivity contribution >= 4 is 5.91 Å². The van der Waals surface area contributed by atoms with Crippen LogP contribution >= 0.6 is 0 Å². The molecule has 0 aromatic heterocycles. The monoisotopic (exact) mass is 292 g/mol. The van der Waals surface area contributed by atoms with Gasteiger partial charge in [-0.3, -0.25) is 4.79 Å². The van der Waals surface area contributed by atoms with Crippen molar-refractivity contribution in [2.45, 2.75) is 13.8 Å². The van der Waals surface area contributed by atoms with Crippen molar-refractivity contribution < 1.29 is 4.79 Å². The second kappa shape index (κ2) is 6.91. The van der Waals surface area contributed by atoms with E-state index in [1.165, 1.54) is 0 Å². The van der Waals surface area contributed by atoms with E-state index in [0.717, 1.165) is 11.1 Å². The van der Waals surface area contributed by atoms with Gasteiger partial charge in [-0.15, -0.1) is 0 Å². The van der Waals surface area contributed by atoms with Crippen LogP contribution in [0.3, 0.4) is 0 Å². The standard InChI is InChI=1S/C19H20N2O/c1-14(2)13-21(3)19(22)18-11-7-6-10-17(18)16-9-5-4-8-15(16)12-20/h4-11,14H,13H2,1-3H3. The van der Waals surface area contributed by atoms with Crippen LogP contribution < -0.4 is 0 Å². The second-order valence-corrected chi connectivity index (χ2v) is 5.78. The number of hydrogen-bond acceptors (Lipinski definition) is 2. The van der Waals surface area contributed by atoms with Crippen molar-refractivity contribution in [2.75, 3.05) is 13.6 Å². The zero-order valence-corrected chi connectivity index (χ0v) is 13.2. The van der Waals surface area contributed by atoms with E-state index >= 15 is 0 Å². The first-order valence-electron chi connectivity index (χ1n) is 7.38. The Balaban J connectivity index is 2.48. The lowest BCUT2D eigenvalue weighted by atomic mass is 9.95. The largest absolute Gasteiger partial charge is 0.341 e. The fourth-order valence-electron chi connectivity index (χ4n) is 2.56. The molecule has 0 saturated heterocycles. The van der Waals surface area contributed by atoms with Gasteiger partial charge in [-0.25, -0.2) is 0 Å². The van der Waals surface area contributed by atoms with Gasteiger partial charge < -0.3 is 4.90 Å². The molecule has 22 heavy (non-hydrogen) atoms. The molecular weight excluding hydrogens is 272 g/mol. The summed E-state index contributed by atoms with van der Waals surface area (Å²) in [5.41, 5.74) is 2.81. The summed E-state index contributed by atoms with van der Waals surface area (Å²) in [6, 6.07) is 17.0. The molecule has 0 aliphatic heterocycles. The van der Waals surface area contributed by atoms with E-state index < -0.39 is 0 Å². The third kappa shape index (κ3) is 3.35. The van der Waals surface area contributed by atoms with Crippen molar-refractivity contribution in [3.8, 4) is 17.2 Å². The zero-order valence-electron chi connectivity index (χ0n) is 13.2. The molecule has 0 aliphatic rings. The molecule has 1 amide bonds. The molecule has 0 fully saturated rings. The quantitative estimate of drug-likeness (QED) is 0.856. The molecule has 0 bridgehead atoms. The molecule has 3 nitrogen and oxygen atoms in total. The third-order valence-corrected chi connectivity index (χ3v) is 3.48. The molecular formula is C19H20N2O. The van der Waals surface area contributed by atoms with E-state index in [1.54, 1.807) is 11.0 Å². The van der Waals surface area contributed by atoms with E-state index in [-0.39, 0.29) is 5.91 Å². The van der Waals surface area contributed by atoms with Gasteiger partial charge in [-0.2, -0.15) is 5.26 Å². The van der Waals surface area contributed by atoms with Crippen LogP contribution in [0.4, 0.5) is 0 Å². The number of amides is 1. The molecule has 3 heteroatoms. The van der Waals surface area contributed by atoms with Gasteiger partial charge in [0.05, 0.1) is 11.6 Å². The Labute approximate surface area is 131 Å². The molecule has 0 aliphatic carbocycles. The van der Waals surface area contributed by atoms with Crippen LogP contribution in [-0.2, 0) is 0 Å². The second-order valence-electron chi connectivity index (χ2n) is 5.78. The summed E-state index contributed by atoms with van der Waals surface area (Å²) in [4.78, 5) is 14.5. The van der Waals surface area contributed by atoms with E-state index in [1.807, 2.05) is 49.5 Å². The molecule has 0 N–H and O–H groups in total. The highest BCUT2D eigenvalue weighted by atomic mass is 16.2. The Morgan fingerprint density at radius 3 is 2.32 bits per heavy atom. The van der Waals surface area contributed by atoms with Gasteiger partial charge in [-0.1, -0.05) is 50.2 Å². The molecule has 0 radical (unpaired) electrons. The average molecular weight is 292 g/mol. The maximum atomic E-state index is 12.7. The number of carbonyl (C=O) groups is 1. The van der Waals surface area contributed by atoms with Crippen molar-refractivity contribution in [3.63, 3.8) is 0 Å². The third-order valence-electron chi connectivity index (χ3n) is 3.48. The van der Waals surface area contributed by atoms with Crippen LogP contribution in [0.1, 0.15) is 29.8 Å². The first-order valence-corrected chi connectivity index (χ1v) is 7.38. The van der Waals surface area contributed by atoms with Gasteiger partial charge in [0.15, 0.2) is 0 Å². The molecule has 0 unspecified atom stereocenters. The van der Waals surface area contributed by atoms with Gasteiger partial charge in [0, 0.05) is 24.7 Å². The van der Waals surface area contributed by atoms with Crippen molar-refractivity contribution in [1.82, 2.24) is 4.90 Å². The predicted molar refractivity (Wildman–Crippen MR) is 88.4 cm³/mol. The molecule has 2 aromatic rings. The average Bonchev–Trinajstić information content (AvgIpc) is 2.53. The number of nitriles is 1. The predicted octanol–water partition coefficient (Wildman–Crippen LogP) is 3.95. The maximum Gasteiger partial charge on any atom is 0.254 e. The summed E-state index contributed by atoms with van der Waals surface area (Å²) in [6.45, 7) is 4.87. The lowest BCUT2D eigenvalue weighted by Gasteiger charge is -2.21. The molecule has 0 spiro atoms. The Morgan fingerprint density at radius 2 is 1.68 bits per heavy atom. The smallest absolute Gasteiger partial charge is 0.254 e. The first-order chi connectivity index (χ1) is 10.5. The van der Waals surface area contributed by atoms with Gasteiger partial charge >= 0.3 is 0 Å². The van der Waals surface area contributed by atoms with Crippen LogP contribution in [0, 0.1) is 17.2 Å². The summed E-state index contributed by atoms with van der Waals surface area (Å²) < 4.78 is 0. The fourth-order valence-corrected chi connectivity index (χ4v) is 2.56. The Kier molecular flexibility index (Phi) is 4.95. The molecule has 2 rings (SSSR count). The maximum absolute atomic E-state index is 12.7. The fraction of sp³-hybridized carbons (Fsp3) is 0.263. The van der Waals surface area contributed by atoms with E-state index in [0.29, 0.717) is 23.6 Å². The Morgan fingerprint density at radius 1 is 1.09 bits per heavy atom. The number of benzene rings is 2. The normalized spacial score (nSPS) is 10.3. The van der Waals surface area contributed by atoms with Crippen LogP contribution in [0.15, 0.2) is 48.5 Å². The van der Waals surface area contributed by atoms with E-state index in [2.05, 4.69) is 19.9 Å². The van der Waals surface area contributed by atoms with Gasteiger partial charge in [-0.05, 0) is 23.6 Å². The number of hydrogen-bond donors (Lipinski definition) is 0. The molecule has 0 heterocycles. The SMILES string of the molecule is CC(C)CN(C)C(=O)c1ccccc1-c1ccccc1C#N. The first kappa shape index (κ1) is 15.8. The molecule has 2 aromatic carbocycles. The highest BCUT2D eigenvalue weighted by Gasteiger charge is 2.18. The minimum Gasteiger partial charge on any atom is -0.341 e. The van der Waals surface area contributed by atoms with Gasteiger partial charge in [0.2, 0.25) is 0 Å². The Bertz CT molecular complexity index is 713. The minimum absolute atomic E-state index is 0.0166. The number of rotatable bonds is 4. The minimum atomic E-state index is -0.0166. The van der Waals surface area contributed by atoms with Crippen LogP contribution in [-0.4, -0.2) is 24.4 Å². The summed E-state index contributed by atoms with van der Waals surface area (Å²) in [6.07, 6.45) is 0. The van der Waals surface area contributed by atoms with Crippen LogP contribution in [0.25, 0.3) is 11.1 Å². The van der Waals surface area contributed by atoms with Crippen LogP contribution in [0.2, 0.25) is 0 Å². The van der Waals surface area contributed by atoms with E-state index in [4.69, 9.17) is 0 Å². The van der Waals surface area contributed by atoms with Gasteiger partial charge in [0.1, 0.15) is 0 Å². The lowest BCUT2D eigenvalue weighted by molar-refractivity contribution is 0.0780. The summed E-state index contributed by atoms with van der Waals surface area (Å²) in [5.74, 6) is 0.393.